The third-order valence-electron chi connectivity index (χ3n) is 8.21. The Bertz CT molecular complexity index is 1810. The smallest absolute Gasteiger partial charge is 0.268 e. The Kier molecular flexibility index (Phi) is 9.02. The molecule has 6 rings (SSSR count). The van der Waals surface area contributed by atoms with Gasteiger partial charge in [-0.3, -0.25) is 14.9 Å². The maximum atomic E-state index is 13.7. The zero-order valence-electron chi connectivity index (χ0n) is 24.9. The lowest BCUT2D eigenvalue weighted by Gasteiger charge is -2.26. The molecule has 0 bridgehead atoms. The van der Waals surface area contributed by atoms with E-state index in [9.17, 15) is 24.3 Å². The van der Waals surface area contributed by atoms with Crippen molar-refractivity contribution >= 4 is 40.1 Å². The fourth-order valence-electron chi connectivity index (χ4n) is 5.57. The molecule has 0 spiro atoms. The maximum absolute atomic E-state index is 13.7. The molecule has 3 N–H and O–H groups in total. The highest BCUT2D eigenvalue weighted by Crippen LogP contribution is 2.33. The standard InChI is InChI=1S/C33H34FN7O3S/c1-20(19-42)37-17-22-6-7-27-26(14-22)38-33(39-31(43)29-9-8-28(45-29)23-10-11-36-30(34)15-23)41(27)18-25-3-2-12-40(25)32(44)24(16-35)13-21-4-5-21/h6-11,13-15,20-21,25,37,42H,2-5,12,17-19H2,1H3,(H,38,39,43)/t20-,25+/m0/s1. The highest BCUT2D eigenvalue weighted by Gasteiger charge is 2.33. The summed E-state index contributed by atoms with van der Waals surface area (Å²) in [6.45, 7) is 3.41. The van der Waals surface area contributed by atoms with Crippen LogP contribution in [0, 0.1) is 23.2 Å². The van der Waals surface area contributed by atoms with Crippen molar-refractivity contribution in [1.82, 2.24) is 24.8 Å². The van der Waals surface area contributed by atoms with Crippen molar-refractivity contribution in [2.24, 2.45) is 5.92 Å². The van der Waals surface area contributed by atoms with Gasteiger partial charge in [-0.15, -0.1) is 11.3 Å². The van der Waals surface area contributed by atoms with E-state index >= 15 is 0 Å². The number of amides is 2. The fourth-order valence-corrected chi connectivity index (χ4v) is 6.47. The van der Waals surface area contributed by atoms with Crippen molar-refractivity contribution < 1.29 is 19.1 Å². The number of thiophene rings is 1. The van der Waals surface area contributed by atoms with Gasteiger partial charge in [-0.05, 0) is 80.0 Å². The van der Waals surface area contributed by atoms with Gasteiger partial charge in [0.25, 0.3) is 11.8 Å². The van der Waals surface area contributed by atoms with Crippen molar-refractivity contribution in [2.75, 3.05) is 18.5 Å². The normalized spacial score (nSPS) is 17.4. The van der Waals surface area contributed by atoms with E-state index in [0.717, 1.165) is 41.6 Å². The van der Waals surface area contributed by atoms with Gasteiger partial charge in [0.15, 0.2) is 0 Å². The maximum Gasteiger partial charge on any atom is 0.268 e. The molecule has 45 heavy (non-hydrogen) atoms. The van der Waals surface area contributed by atoms with Gasteiger partial charge in [-0.25, -0.2) is 9.97 Å². The monoisotopic (exact) mass is 627 g/mol. The molecule has 4 aromatic rings. The Morgan fingerprint density at radius 2 is 2.07 bits per heavy atom. The summed E-state index contributed by atoms with van der Waals surface area (Å²) in [5.74, 6) is -0.530. The lowest BCUT2D eigenvalue weighted by Crippen LogP contribution is -2.39. The molecule has 1 aromatic carbocycles. The molecule has 1 saturated heterocycles. The topological polar surface area (TPSA) is 136 Å². The van der Waals surface area contributed by atoms with E-state index in [2.05, 4.69) is 21.7 Å². The number of halogens is 1. The third-order valence-corrected chi connectivity index (χ3v) is 9.35. The number of allylic oxidation sites excluding steroid dienone is 1. The average Bonchev–Trinajstić information content (AvgIpc) is 3.39. The molecule has 0 radical (unpaired) electrons. The van der Waals surface area contributed by atoms with Crippen LogP contribution < -0.4 is 10.6 Å². The minimum Gasteiger partial charge on any atom is -0.395 e. The molecular formula is C33H34FN7O3S. The number of pyridine rings is 1. The van der Waals surface area contributed by atoms with Gasteiger partial charge in [0.05, 0.1) is 28.6 Å². The number of imidazole rings is 1. The minimum absolute atomic E-state index is 0.0214. The SMILES string of the molecule is C[C@@H](CO)NCc1ccc2c(c1)nc(NC(=O)c1ccc(-c3ccnc(F)c3)s1)n2C[C@H]1CCCN1C(=O)C(C#N)=CC1CC1. The number of likely N-dealkylation sites (tertiary alicyclic amines) is 1. The number of rotatable bonds is 11. The Morgan fingerprint density at radius 1 is 1.22 bits per heavy atom. The second-order valence-electron chi connectivity index (χ2n) is 11.6. The van der Waals surface area contributed by atoms with Crippen LogP contribution in [0.3, 0.4) is 0 Å². The van der Waals surface area contributed by atoms with Gasteiger partial charge in [0.1, 0.15) is 11.6 Å². The predicted octanol–water partition coefficient (Wildman–Crippen LogP) is 4.87. The number of aromatic nitrogens is 3. The number of carbonyl (C=O) groups excluding carboxylic acids is 2. The van der Waals surface area contributed by atoms with Gasteiger partial charge < -0.3 is 19.9 Å². The lowest BCUT2D eigenvalue weighted by molar-refractivity contribution is -0.127. The number of anilines is 1. The number of aliphatic hydroxyl groups excluding tert-OH is 1. The Balaban J connectivity index is 1.29. The molecule has 10 nitrogen and oxygen atoms in total. The van der Waals surface area contributed by atoms with Crippen LogP contribution in [0.1, 0.15) is 47.8 Å². The Morgan fingerprint density at radius 3 is 2.82 bits per heavy atom. The molecule has 2 fully saturated rings. The van der Waals surface area contributed by atoms with E-state index in [1.54, 1.807) is 29.2 Å². The number of nitrogens with zero attached hydrogens (tertiary/aromatic N) is 5. The second kappa shape index (κ2) is 13.3. The Labute approximate surface area is 264 Å². The summed E-state index contributed by atoms with van der Waals surface area (Å²) in [7, 11) is 0. The van der Waals surface area contributed by atoms with Crippen molar-refractivity contribution in [1.29, 1.82) is 5.26 Å². The molecule has 1 aliphatic heterocycles. The number of fused-ring (bicyclic) bond motifs is 1. The van der Waals surface area contributed by atoms with Gasteiger partial charge >= 0.3 is 0 Å². The largest absolute Gasteiger partial charge is 0.395 e. The molecule has 12 heteroatoms. The summed E-state index contributed by atoms with van der Waals surface area (Å²) in [6, 6.07) is 14.2. The summed E-state index contributed by atoms with van der Waals surface area (Å²) in [5, 5.41) is 25.3. The summed E-state index contributed by atoms with van der Waals surface area (Å²) in [4.78, 5) is 38.3. The van der Waals surface area contributed by atoms with Crippen molar-refractivity contribution in [3.63, 3.8) is 0 Å². The first-order chi connectivity index (χ1) is 21.8. The second-order valence-corrected chi connectivity index (χ2v) is 12.7. The molecule has 1 aliphatic carbocycles. The average molecular weight is 628 g/mol. The van der Waals surface area contributed by atoms with E-state index in [1.807, 2.05) is 29.7 Å². The minimum atomic E-state index is -0.592. The number of nitrogens with one attached hydrogen (secondary N) is 2. The number of aliphatic hydroxyl groups is 1. The van der Waals surface area contributed by atoms with Crippen LogP contribution in [-0.2, 0) is 17.9 Å². The van der Waals surface area contributed by atoms with Crippen LogP contribution in [0.2, 0.25) is 0 Å². The quantitative estimate of drug-likeness (QED) is 0.123. The summed E-state index contributed by atoms with van der Waals surface area (Å²) < 4.78 is 15.6. The zero-order valence-corrected chi connectivity index (χ0v) is 25.7. The number of hydrogen-bond donors (Lipinski definition) is 3. The molecule has 2 aliphatic rings. The van der Waals surface area contributed by atoms with Gasteiger partial charge in [0.2, 0.25) is 11.9 Å². The zero-order chi connectivity index (χ0) is 31.5. The van der Waals surface area contributed by atoms with Crippen LogP contribution in [0.15, 0.2) is 60.3 Å². The molecule has 1 saturated carbocycles. The number of nitriles is 1. The summed E-state index contributed by atoms with van der Waals surface area (Å²) in [6.07, 6.45) is 6.79. The highest BCUT2D eigenvalue weighted by atomic mass is 32.1. The van der Waals surface area contributed by atoms with E-state index < -0.39 is 5.95 Å². The summed E-state index contributed by atoms with van der Waals surface area (Å²) in [5.41, 5.74) is 3.29. The molecule has 2 amide bonds. The van der Waals surface area contributed by atoms with Gasteiger partial charge in [0, 0.05) is 42.8 Å². The van der Waals surface area contributed by atoms with Gasteiger partial charge in [-0.1, -0.05) is 12.1 Å². The molecule has 4 heterocycles. The van der Waals surface area contributed by atoms with Crippen molar-refractivity contribution in [3.05, 3.63) is 76.7 Å². The fraction of sp³-hybridized carbons (Fsp3) is 0.364. The number of hydrogen-bond acceptors (Lipinski definition) is 8. The van der Waals surface area contributed by atoms with Crippen LogP contribution >= 0.6 is 11.3 Å². The summed E-state index contributed by atoms with van der Waals surface area (Å²) >= 11 is 1.24. The van der Waals surface area contributed by atoms with Crippen LogP contribution in [0.5, 0.6) is 0 Å². The number of benzene rings is 1. The molecule has 2 atom stereocenters. The lowest BCUT2D eigenvalue weighted by atomic mass is 10.1. The first-order valence-electron chi connectivity index (χ1n) is 15.1. The molecule has 0 unspecified atom stereocenters. The van der Waals surface area contributed by atoms with E-state index in [-0.39, 0.29) is 36.1 Å². The van der Waals surface area contributed by atoms with Gasteiger partial charge in [-0.2, -0.15) is 9.65 Å². The highest BCUT2D eigenvalue weighted by molar-refractivity contribution is 7.17. The van der Waals surface area contributed by atoms with E-state index in [1.165, 1.54) is 23.6 Å². The first-order valence-corrected chi connectivity index (χ1v) is 15.9. The molecule has 232 valence electrons. The van der Waals surface area contributed by atoms with Crippen molar-refractivity contribution in [3.8, 4) is 16.5 Å². The van der Waals surface area contributed by atoms with E-state index in [0.29, 0.717) is 47.5 Å². The van der Waals surface area contributed by atoms with Crippen LogP contribution in [0.25, 0.3) is 21.5 Å². The Hall–Kier alpha value is -4.44. The van der Waals surface area contributed by atoms with Crippen LogP contribution in [0.4, 0.5) is 10.3 Å². The van der Waals surface area contributed by atoms with Crippen molar-refractivity contribution in [2.45, 2.75) is 57.8 Å². The predicted molar refractivity (Wildman–Crippen MR) is 170 cm³/mol. The first kappa shape index (κ1) is 30.6. The number of carbonyl (C=O) groups is 2. The third kappa shape index (κ3) is 6.96. The molecule has 3 aromatic heterocycles. The van der Waals surface area contributed by atoms with E-state index in [4.69, 9.17) is 4.98 Å². The molecular weight excluding hydrogens is 593 g/mol. The van der Waals surface area contributed by atoms with Crippen LogP contribution in [-0.4, -0.2) is 61.6 Å².